The molecule has 258 valence electrons. The molecule has 0 radical (unpaired) electrons. The predicted octanol–water partition coefficient (Wildman–Crippen LogP) is 8.71. The van der Waals surface area contributed by atoms with E-state index in [4.69, 9.17) is 9.97 Å². The zero-order valence-electron chi connectivity index (χ0n) is 30.6. The number of aromatic amines is 2. The zero-order chi connectivity index (χ0) is 36.9. The van der Waals surface area contributed by atoms with Crippen molar-refractivity contribution >= 4 is 33.4 Å². The highest BCUT2D eigenvalue weighted by Gasteiger charge is 2.71. The van der Waals surface area contributed by atoms with Crippen LogP contribution < -0.4 is 0 Å². The molecule has 2 N–H and O–H groups in total. The summed E-state index contributed by atoms with van der Waals surface area (Å²) < 4.78 is 0. The molecule has 8 bridgehead atoms. The third-order valence-corrected chi connectivity index (χ3v) is 12.3. The highest BCUT2D eigenvalue weighted by molar-refractivity contribution is 6.05. The lowest BCUT2D eigenvalue weighted by Crippen LogP contribution is -2.55. The van der Waals surface area contributed by atoms with Crippen LogP contribution in [0.3, 0.4) is 0 Å². The van der Waals surface area contributed by atoms with Gasteiger partial charge in [0.1, 0.15) is 5.69 Å². The van der Waals surface area contributed by atoms with E-state index in [1.807, 2.05) is 51.1 Å². The lowest BCUT2D eigenvalue weighted by atomic mass is 9.45. The van der Waals surface area contributed by atoms with Crippen LogP contribution in [-0.4, -0.2) is 25.7 Å². The second kappa shape index (κ2) is 12.7. The molecule has 0 saturated carbocycles. The van der Waals surface area contributed by atoms with Crippen molar-refractivity contribution < 1.29 is 4.79 Å². The first kappa shape index (κ1) is 35.3. The molecule has 3 aromatic heterocycles. The molecule has 1 aliphatic carbocycles. The van der Waals surface area contributed by atoms with Gasteiger partial charge in [0.05, 0.1) is 52.2 Å². The smallest absolute Gasteiger partial charge is 0.193 e. The molecule has 9 heteroatoms. The van der Waals surface area contributed by atoms with E-state index in [2.05, 4.69) is 61.9 Å². The second-order valence-corrected chi connectivity index (χ2v) is 13.9. The Kier molecular flexibility index (Phi) is 8.78. The molecule has 3 aliphatic rings. The number of nitrogens with one attached hydrogen (secondary N) is 2. The summed E-state index contributed by atoms with van der Waals surface area (Å²) in [6.45, 7) is 14.3. The fourth-order valence-corrected chi connectivity index (χ4v) is 9.43. The number of nitrogens with zero attached hydrogens (tertiary/aromatic N) is 6. The number of carbonyl (C=O) groups excluding carboxylic acids is 1. The van der Waals surface area contributed by atoms with Gasteiger partial charge in [-0.25, -0.2) is 4.98 Å². The maximum Gasteiger partial charge on any atom is 0.193 e. The van der Waals surface area contributed by atoms with Gasteiger partial charge in [-0.15, -0.1) is 0 Å². The third-order valence-electron chi connectivity index (χ3n) is 12.3. The number of Topliss-reactive ketones (excluding diaryl/α,β-unsaturated/α-hetero) is 1. The number of rotatable bonds is 7. The second-order valence-electron chi connectivity index (χ2n) is 13.9. The van der Waals surface area contributed by atoms with Crippen LogP contribution in [-0.2, 0) is 36.5 Å². The summed E-state index contributed by atoms with van der Waals surface area (Å²) in [4.78, 5) is 31.9. The van der Waals surface area contributed by atoms with Gasteiger partial charge in [0.25, 0.3) is 0 Å². The Morgan fingerprint density at radius 2 is 1.08 bits per heavy atom. The maximum atomic E-state index is 14.3. The van der Waals surface area contributed by atoms with Crippen molar-refractivity contribution in [1.29, 1.82) is 21.0 Å². The number of hydrogen-bond donors (Lipinski definition) is 2. The van der Waals surface area contributed by atoms with Gasteiger partial charge in [-0.05, 0) is 97.0 Å². The molecule has 51 heavy (non-hydrogen) atoms. The SMILES string of the molecule is CCc1c(CC)c2cc3nc(cc4[nH]c(cc5nc(cc1[nH]2)C(=O)C5(CC)CC)c(CC)c4CC)C1(CC)C3=CCC(C#N)(C#N)C1(C#N)C#N. The van der Waals surface area contributed by atoms with Crippen LogP contribution in [0, 0.1) is 56.2 Å². The molecule has 5 heterocycles. The Bertz CT molecular complexity index is 2310. The molecule has 0 amide bonds. The Balaban J connectivity index is 1.91. The predicted molar refractivity (Wildman–Crippen MR) is 197 cm³/mol. The highest BCUT2D eigenvalue weighted by atomic mass is 16.1. The minimum atomic E-state index is -2.05. The number of hydrogen-bond acceptors (Lipinski definition) is 7. The number of aryl methyl sites for hydroxylation is 4. The minimum Gasteiger partial charge on any atom is -0.355 e. The first-order valence-corrected chi connectivity index (χ1v) is 18.3. The molecule has 9 nitrogen and oxygen atoms in total. The average molecular weight is 677 g/mol. The van der Waals surface area contributed by atoms with Crippen LogP contribution in [0.2, 0.25) is 0 Å². The Morgan fingerprint density at radius 3 is 1.51 bits per heavy atom. The number of carbonyl (C=O) groups is 1. The van der Waals surface area contributed by atoms with E-state index in [0.717, 1.165) is 56.4 Å². The summed E-state index contributed by atoms with van der Waals surface area (Å²) in [5.41, 5.74) is 4.32. The van der Waals surface area contributed by atoms with Crippen LogP contribution >= 0.6 is 0 Å². The number of ketones is 1. The van der Waals surface area contributed by atoms with Crippen molar-refractivity contribution in [3.63, 3.8) is 0 Å². The van der Waals surface area contributed by atoms with Crippen LogP contribution in [0.25, 0.3) is 27.6 Å². The van der Waals surface area contributed by atoms with Crippen molar-refractivity contribution in [2.24, 2.45) is 10.8 Å². The molecule has 1 atom stereocenters. The summed E-state index contributed by atoms with van der Waals surface area (Å²) in [5.74, 6) is 0.0253. The molecular weight excluding hydrogens is 633 g/mol. The molecule has 6 rings (SSSR count). The minimum absolute atomic E-state index is 0.0253. The molecule has 0 spiro atoms. The highest BCUT2D eigenvalue weighted by Crippen LogP contribution is 2.65. The van der Waals surface area contributed by atoms with E-state index in [-0.39, 0.29) is 18.6 Å². The first-order chi connectivity index (χ1) is 24.6. The van der Waals surface area contributed by atoms with Crippen molar-refractivity contribution in [3.05, 3.63) is 75.4 Å². The topological polar surface area (TPSA) is 170 Å². The van der Waals surface area contributed by atoms with E-state index in [9.17, 15) is 25.8 Å². The third kappa shape index (κ3) is 4.38. The lowest BCUT2D eigenvalue weighted by Gasteiger charge is -2.48. The van der Waals surface area contributed by atoms with Gasteiger partial charge < -0.3 is 9.97 Å². The van der Waals surface area contributed by atoms with E-state index in [1.165, 1.54) is 0 Å². The molecule has 0 saturated heterocycles. The van der Waals surface area contributed by atoms with E-state index in [0.29, 0.717) is 54.8 Å². The molecular formula is C42H44N8O. The largest absolute Gasteiger partial charge is 0.355 e. The fraction of sp³-hybridized carbons (Fsp3) is 0.452. The summed E-state index contributed by atoms with van der Waals surface area (Å²) in [6, 6.07) is 16.6. The van der Waals surface area contributed by atoms with Gasteiger partial charge in [-0.1, -0.05) is 54.5 Å². The Hall–Kier alpha value is -5.51. The van der Waals surface area contributed by atoms with Crippen LogP contribution in [0.1, 0.15) is 124 Å². The monoisotopic (exact) mass is 676 g/mol. The van der Waals surface area contributed by atoms with Gasteiger partial charge in [0.2, 0.25) is 0 Å². The summed E-state index contributed by atoms with van der Waals surface area (Å²) in [7, 11) is 0. The molecule has 0 aromatic carbocycles. The van der Waals surface area contributed by atoms with Crippen molar-refractivity contribution in [1.82, 2.24) is 19.9 Å². The maximum absolute atomic E-state index is 14.3. The molecule has 1 unspecified atom stereocenters. The average Bonchev–Trinajstić information content (AvgIpc) is 3.84. The van der Waals surface area contributed by atoms with Gasteiger partial charge in [-0.3, -0.25) is 9.78 Å². The van der Waals surface area contributed by atoms with E-state index < -0.39 is 21.7 Å². The van der Waals surface area contributed by atoms with Gasteiger partial charge >= 0.3 is 0 Å². The van der Waals surface area contributed by atoms with Crippen LogP contribution in [0.4, 0.5) is 0 Å². The van der Waals surface area contributed by atoms with Gasteiger partial charge in [-0.2, -0.15) is 21.0 Å². The Labute approximate surface area is 299 Å². The molecule has 0 fully saturated rings. The van der Waals surface area contributed by atoms with Gasteiger partial charge in [0.15, 0.2) is 16.6 Å². The first-order valence-electron chi connectivity index (χ1n) is 18.3. The summed E-state index contributed by atoms with van der Waals surface area (Å²) in [5, 5.41) is 43.1. The quantitative estimate of drug-likeness (QED) is 0.252. The number of nitriles is 4. The number of allylic oxidation sites excluding steroid dienone is 2. The number of fused-ring (bicyclic) bond motifs is 11. The van der Waals surface area contributed by atoms with E-state index in [1.54, 1.807) is 0 Å². The lowest BCUT2D eigenvalue weighted by molar-refractivity contribution is 0.0886. The van der Waals surface area contributed by atoms with Crippen LogP contribution in [0.5, 0.6) is 0 Å². The van der Waals surface area contributed by atoms with Crippen molar-refractivity contribution in [3.8, 4) is 24.3 Å². The Morgan fingerprint density at radius 1 is 0.627 bits per heavy atom. The standard InChI is InChI=1S/C42H44N8O/c1-8-25-26(9-2)31-18-35-38(51)40(12-5,13-6)36(50-35)19-32-27(10-3)28(11-4)33(48-32)20-37-42(14-7)29(34(49-37)17-30(25)47-31)15-16-39(21-43,22-44)41(42,23-45)24-46/h15,17-20,47-48H,8-14,16H2,1-7H3. The number of H-pyrrole nitrogens is 2. The molecule has 2 aliphatic heterocycles. The van der Waals surface area contributed by atoms with Gasteiger partial charge in [0, 0.05) is 28.5 Å². The summed E-state index contributed by atoms with van der Waals surface area (Å²) >= 11 is 0. The van der Waals surface area contributed by atoms with E-state index >= 15 is 0 Å². The fourth-order valence-electron chi connectivity index (χ4n) is 9.43. The molecule has 3 aromatic rings. The van der Waals surface area contributed by atoms with Crippen molar-refractivity contribution in [2.45, 2.75) is 111 Å². The van der Waals surface area contributed by atoms with Crippen molar-refractivity contribution in [2.75, 3.05) is 0 Å². The van der Waals surface area contributed by atoms with Crippen LogP contribution in [0.15, 0.2) is 30.3 Å². The normalized spacial score (nSPS) is 19.6. The number of aromatic nitrogens is 4. The summed E-state index contributed by atoms with van der Waals surface area (Å²) in [6.07, 6.45) is 6.07. The zero-order valence-corrected chi connectivity index (χ0v) is 30.6.